The largest absolute Gasteiger partial charge is 0.456 e. The highest BCUT2D eigenvalue weighted by molar-refractivity contribution is 5.98. The lowest BCUT2D eigenvalue weighted by Gasteiger charge is -2.53. The number of esters is 1. The number of carbonyl (C=O) groups is 3. The van der Waals surface area contributed by atoms with Crippen molar-refractivity contribution in [1.82, 2.24) is 10.6 Å². The topological polar surface area (TPSA) is 156 Å². The van der Waals surface area contributed by atoms with Crippen molar-refractivity contribution >= 4 is 23.9 Å². The minimum Gasteiger partial charge on any atom is -0.456 e. The van der Waals surface area contributed by atoms with Crippen molar-refractivity contribution in [3.05, 3.63) is 52.6 Å². The maximum Gasteiger partial charge on any atom is 0.339 e. The van der Waals surface area contributed by atoms with E-state index in [2.05, 4.69) is 51.3 Å². The summed E-state index contributed by atoms with van der Waals surface area (Å²) in [5, 5.41) is 24.9. The highest BCUT2D eigenvalue weighted by Crippen LogP contribution is 2.60. The van der Waals surface area contributed by atoms with Gasteiger partial charge in [-0.1, -0.05) is 83.2 Å². The van der Waals surface area contributed by atoms with Crippen LogP contribution in [0, 0.1) is 17.3 Å². The normalized spacial score (nSPS) is 31.4. The Kier molecular flexibility index (Phi) is 14.1. The molecule has 6 rings (SSSR count). The second kappa shape index (κ2) is 18.4. The van der Waals surface area contributed by atoms with Crippen LogP contribution in [0.2, 0.25) is 0 Å². The number of carbonyl (C=O) groups excluding carboxylic acids is 3. The maximum atomic E-state index is 14.4. The summed E-state index contributed by atoms with van der Waals surface area (Å²) in [6.07, 6.45) is 13.4. The number of rotatable bonds is 17. The molecule has 2 saturated heterocycles. The lowest BCUT2D eigenvalue weighted by Crippen LogP contribution is -2.54. The minimum atomic E-state index is -1.26. The summed E-state index contributed by atoms with van der Waals surface area (Å²) in [5.74, 6) is -1.55. The predicted octanol–water partition coefficient (Wildman–Crippen LogP) is 6.93. The molecule has 0 spiro atoms. The summed E-state index contributed by atoms with van der Waals surface area (Å²) in [6.45, 7) is 12.4. The van der Waals surface area contributed by atoms with Crippen LogP contribution in [-0.4, -0.2) is 89.1 Å². The van der Waals surface area contributed by atoms with Gasteiger partial charge in [-0.2, -0.15) is 0 Å². The SMILES string of the molecule is CCCCCC1(CCCCC)O[C@@H]2[C@@H](C=C(C(=O)N[C@@H](C(=O)NCCO)[C@H](C)O)C[C@H]2OC(=O)c2ccccc2C=C2CCC3O[C@]3(C)CC[C@@H]3[C@@H]2CC3(C)C)O1. The van der Waals surface area contributed by atoms with E-state index in [1.165, 1.54) is 12.5 Å². The number of amides is 2. The van der Waals surface area contributed by atoms with E-state index in [1.54, 1.807) is 12.1 Å². The van der Waals surface area contributed by atoms with Crippen molar-refractivity contribution in [1.29, 1.82) is 0 Å². The molecule has 316 valence electrons. The van der Waals surface area contributed by atoms with Gasteiger partial charge in [-0.25, -0.2) is 4.79 Å². The average molecular weight is 793 g/mol. The van der Waals surface area contributed by atoms with Gasteiger partial charge in [-0.15, -0.1) is 0 Å². The molecule has 2 amide bonds. The van der Waals surface area contributed by atoms with E-state index >= 15 is 0 Å². The van der Waals surface area contributed by atoms with E-state index < -0.39 is 54.0 Å². The Hall–Kier alpha value is -3.09. The quantitative estimate of drug-likeness (QED) is 0.0747. The molecule has 0 radical (unpaired) electrons. The first-order chi connectivity index (χ1) is 27.2. The number of epoxide rings is 1. The summed E-state index contributed by atoms with van der Waals surface area (Å²) in [7, 11) is 0. The smallest absolute Gasteiger partial charge is 0.339 e. The molecule has 57 heavy (non-hydrogen) atoms. The van der Waals surface area contributed by atoms with Gasteiger partial charge in [0.1, 0.15) is 24.4 Å². The van der Waals surface area contributed by atoms with Crippen LogP contribution < -0.4 is 10.6 Å². The number of allylic oxidation sites excluding steroid dienone is 1. The molecule has 0 bridgehead atoms. The third-order valence-corrected chi connectivity index (χ3v) is 13.4. The zero-order valence-electron chi connectivity index (χ0n) is 35.1. The molecule has 2 heterocycles. The fraction of sp³-hybridized carbons (Fsp3) is 0.717. The molecule has 11 nitrogen and oxygen atoms in total. The van der Waals surface area contributed by atoms with Crippen LogP contribution in [0.25, 0.3) is 6.08 Å². The molecule has 11 heteroatoms. The molecule has 4 fully saturated rings. The van der Waals surface area contributed by atoms with Crippen LogP contribution in [0.1, 0.15) is 147 Å². The van der Waals surface area contributed by atoms with Crippen LogP contribution in [-0.2, 0) is 28.5 Å². The van der Waals surface area contributed by atoms with Gasteiger partial charge in [0.15, 0.2) is 5.79 Å². The average Bonchev–Trinajstić information content (AvgIpc) is 3.65. The Balaban J connectivity index is 1.27. The van der Waals surface area contributed by atoms with Crippen LogP contribution in [0.15, 0.2) is 41.5 Å². The van der Waals surface area contributed by atoms with Gasteiger partial charge in [0, 0.05) is 31.4 Å². The number of nitrogens with one attached hydrogen (secondary N) is 2. The Labute approximate surface area is 339 Å². The monoisotopic (exact) mass is 792 g/mol. The standard InChI is InChI=1S/C46H68N2O9/c1-7-9-13-20-46(21-14-10-8-2)55-37-27-32(41(51)48-39(29(3)50)42(52)47-23-24-49)26-36(40(37)57-46)54-43(53)33-16-12-11-15-30(33)25-31-17-18-38-45(6,56-38)22-19-35-34(31)28-44(35,4)5/h11-12,15-16,25,27,29,34-40,49-50H,7-10,13-14,17-24,26,28H2,1-6H3,(H,47,52)(H,48,51)/t29-,34+,35+,36+,37+,38?,39+,40-,45+/m0/s1. The fourth-order valence-electron chi connectivity index (χ4n) is 9.94. The lowest BCUT2D eigenvalue weighted by molar-refractivity contribution is -0.190. The molecule has 1 aromatic carbocycles. The van der Waals surface area contributed by atoms with Crippen LogP contribution in [0.3, 0.4) is 0 Å². The van der Waals surface area contributed by atoms with Gasteiger partial charge in [-0.05, 0) is 93.7 Å². The molecular weight excluding hydrogens is 725 g/mol. The lowest BCUT2D eigenvalue weighted by atomic mass is 9.52. The van der Waals surface area contributed by atoms with Crippen LogP contribution >= 0.6 is 0 Å². The Morgan fingerprint density at radius 1 is 1.00 bits per heavy atom. The first kappa shape index (κ1) is 43.5. The number of unbranched alkanes of at least 4 members (excludes halogenated alkanes) is 4. The predicted molar refractivity (Wildman–Crippen MR) is 218 cm³/mol. The van der Waals surface area contributed by atoms with E-state index in [0.29, 0.717) is 30.2 Å². The van der Waals surface area contributed by atoms with E-state index in [9.17, 15) is 24.6 Å². The van der Waals surface area contributed by atoms with Gasteiger partial charge in [0.25, 0.3) is 0 Å². The fourth-order valence-corrected chi connectivity index (χ4v) is 9.94. The van der Waals surface area contributed by atoms with Gasteiger partial charge in [-0.3, -0.25) is 9.59 Å². The third-order valence-electron chi connectivity index (χ3n) is 13.4. The number of fused-ring (bicyclic) bond motifs is 3. The highest BCUT2D eigenvalue weighted by atomic mass is 16.8. The van der Waals surface area contributed by atoms with Crippen molar-refractivity contribution in [3.63, 3.8) is 0 Å². The highest BCUT2D eigenvalue weighted by Gasteiger charge is 2.56. The first-order valence-electron chi connectivity index (χ1n) is 21.8. The molecule has 1 aromatic rings. The van der Waals surface area contributed by atoms with Crippen molar-refractivity contribution in [2.75, 3.05) is 13.2 Å². The zero-order valence-corrected chi connectivity index (χ0v) is 35.1. The van der Waals surface area contributed by atoms with Crippen molar-refractivity contribution in [2.45, 2.75) is 179 Å². The van der Waals surface area contributed by atoms with Gasteiger partial charge < -0.3 is 39.8 Å². The van der Waals surface area contributed by atoms with E-state index in [0.717, 1.165) is 76.2 Å². The van der Waals surface area contributed by atoms with E-state index in [4.69, 9.17) is 18.9 Å². The second-order valence-corrected chi connectivity index (χ2v) is 18.2. The summed E-state index contributed by atoms with van der Waals surface area (Å²) in [6, 6.07) is 6.33. The molecule has 2 saturated carbocycles. The molecule has 2 aliphatic heterocycles. The molecule has 4 N–H and O–H groups in total. The molecule has 5 aliphatic rings. The molecule has 1 unspecified atom stereocenters. The summed E-state index contributed by atoms with van der Waals surface area (Å²) < 4.78 is 26.3. The van der Waals surface area contributed by atoms with Crippen molar-refractivity contribution < 1.29 is 43.5 Å². The molecule has 3 aliphatic carbocycles. The maximum absolute atomic E-state index is 14.4. The number of benzene rings is 1. The summed E-state index contributed by atoms with van der Waals surface area (Å²) >= 11 is 0. The first-order valence-corrected chi connectivity index (χ1v) is 21.8. The van der Waals surface area contributed by atoms with E-state index in [-0.39, 0.29) is 42.3 Å². The van der Waals surface area contributed by atoms with Crippen molar-refractivity contribution in [3.8, 4) is 0 Å². The minimum absolute atomic E-state index is 0.0164. The molecule has 9 atom stereocenters. The summed E-state index contributed by atoms with van der Waals surface area (Å²) in [4.78, 5) is 41.2. The number of hydrogen-bond acceptors (Lipinski definition) is 9. The van der Waals surface area contributed by atoms with Crippen LogP contribution in [0.4, 0.5) is 0 Å². The van der Waals surface area contributed by atoms with Gasteiger partial charge in [0.05, 0.1) is 30.0 Å². The number of aliphatic hydroxyl groups is 2. The Morgan fingerprint density at radius 3 is 2.39 bits per heavy atom. The van der Waals surface area contributed by atoms with Gasteiger partial charge >= 0.3 is 5.97 Å². The third kappa shape index (κ3) is 10.0. The number of ether oxygens (including phenoxy) is 4. The Morgan fingerprint density at radius 2 is 1.72 bits per heavy atom. The van der Waals surface area contributed by atoms with Gasteiger partial charge in [0.2, 0.25) is 11.8 Å². The van der Waals surface area contributed by atoms with Crippen LogP contribution in [0.5, 0.6) is 0 Å². The second-order valence-electron chi connectivity index (χ2n) is 18.2. The molecular formula is C46H68N2O9. The van der Waals surface area contributed by atoms with E-state index in [1.807, 2.05) is 18.2 Å². The Bertz CT molecular complexity index is 1640. The number of hydrogen-bond donors (Lipinski definition) is 4. The summed E-state index contributed by atoms with van der Waals surface area (Å²) in [5.41, 5.74) is 3.15. The van der Waals surface area contributed by atoms with Crippen molar-refractivity contribution in [2.24, 2.45) is 17.3 Å². The number of aliphatic hydroxyl groups excluding tert-OH is 2. The molecule has 0 aromatic heterocycles. The zero-order chi connectivity index (χ0) is 41.0.